The quantitative estimate of drug-likeness (QED) is 0.615. The molecule has 0 unspecified atom stereocenters. The van der Waals surface area contributed by atoms with E-state index in [2.05, 4.69) is 20.9 Å². The van der Waals surface area contributed by atoms with E-state index in [1.165, 1.54) is 6.08 Å². The molecular weight excluding hydrogens is 246 g/mol. The van der Waals surface area contributed by atoms with Gasteiger partial charge in [-0.15, -0.1) is 0 Å². The summed E-state index contributed by atoms with van der Waals surface area (Å²) in [5.74, 6) is 0.581. The maximum Gasteiger partial charge on any atom is 0.240 e. The van der Waals surface area contributed by atoms with Crippen LogP contribution in [0.4, 0.5) is 5.69 Å². The van der Waals surface area contributed by atoms with Gasteiger partial charge in [0.1, 0.15) is 11.4 Å². The van der Waals surface area contributed by atoms with Crippen LogP contribution in [0.1, 0.15) is 13.8 Å². The highest BCUT2D eigenvalue weighted by Gasteiger charge is 2.05. The van der Waals surface area contributed by atoms with Gasteiger partial charge in [0.25, 0.3) is 0 Å². The van der Waals surface area contributed by atoms with Crippen molar-refractivity contribution in [3.05, 3.63) is 22.7 Å². The van der Waals surface area contributed by atoms with Crippen molar-refractivity contribution in [2.24, 2.45) is 4.99 Å². The van der Waals surface area contributed by atoms with Gasteiger partial charge in [0.05, 0.1) is 6.10 Å². The van der Waals surface area contributed by atoms with Gasteiger partial charge >= 0.3 is 0 Å². The molecule has 0 bridgehead atoms. The van der Waals surface area contributed by atoms with Gasteiger partial charge in [-0.25, -0.2) is 4.79 Å². The molecule has 0 aliphatic heterocycles. The van der Waals surface area contributed by atoms with Crippen LogP contribution in [-0.4, -0.2) is 12.2 Å². The second-order valence-corrected chi connectivity index (χ2v) is 3.90. The average Bonchev–Trinajstić information content (AvgIpc) is 2.09. The van der Waals surface area contributed by atoms with Crippen molar-refractivity contribution in [1.29, 1.82) is 0 Å². The van der Waals surface area contributed by atoms with Crippen LogP contribution >= 0.6 is 15.9 Å². The number of benzene rings is 1. The van der Waals surface area contributed by atoms with Gasteiger partial charge in [0.2, 0.25) is 6.08 Å². The molecule has 0 spiro atoms. The molecule has 0 aromatic heterocycles. The summed E-state index contributed by atoms with van der Waals surface area (Å²) < 4.78 is 6.36. The monoisotopic (exact) mass is 255 g/mol. The molecule has 0 saturated heterocycles. The van der Waals surface area contributed by atoms with Crippen molar-refractivity contribution < 1.29 is 9.53 Å². The Morgan fingerprint density at radius 1 is 1.50 bits per heavy atom. The molecule has 1 aromatic rings. The van der Waals surface area contributed by atoms with E-state index < -0.39 is 0 Å². The lowest BCUT2D eigenvalue weighted by molar-refractivity contribution is 0.243. The van der Waals surface area contributed by atoms with Crippen LogP contribution in [0.2, 0.25) is 0 Å². The van der Waals surface area contributed by atoms with Gasteiger partial charge in [0.15, 0.2) is 0 Å². The Labute approximate surface area is 90.9 Å². The van der Waals surface area contributed by atoms with E-state index in [0.29, 0.717) is 11.4 Å². The number of halogens is 1. The topological polar surface area (TPSA) is 38.7 Å². The third-order valence-corrected chi connectivity index (χ3v) is 1.94. The van der Waals surface area contributed by atoms with E-state index in [1.807, 2.05) is 13.8 Å². The zero-order valence-electron chi connectivity index (χ0n) is 7.95. The Kier molecular flexibility index (Phi) is 3.86. The lowest BCUT2D eigenvalue weighted by Gasteiger charge is -2.11. The zero-order chi connectivity index (χ0) is 10.6. The summed E-state index contributed by atoms with van der Waals surface area (Å²) in [6, 6.07) is 5.27. The third kappa shape index (κ3) is 2.98. The lowest BCUT2D eigenvalue weighted by atomic mass is 10.3. The minimum atomic E-state index is 0.0462. The molecule has 0 atom stereocenters. The summed E-state index contributed by atoms with van der Waals surface area (Å²) in [6.07, 6.45) is 1.54. The van der Waals surface area contributed by atoms with Crippen molar-refractivity contribution in [3.8, 4) is 5.75 Å². The van der Waals surface area contributed by atoms with Crippen molar-refractivity contribution >= 4 is 27.7 Å². The zero-order valence-corrected chi connectivity index (χ0v) is 9.54. The van der Waals surface area contributed by atoms with Crippen LogP contribution in [0.15, 0.2) is 27.7 Å². The standard InChI is InChI=1S/C10H10BrNO2/c1-7(2)14-10-5-8(11)3-4-9(10)12-6-13/h3-5,7H,1-2H3. The maximum atomic E-state index is 10.1. The largest absolute Gasteiger partial charge is 0.489 e. The summed E-state index contributed by atoms with van der Waals surface area (Å²) in [6.45, 7) is 3.82. The molecule has 1 rings (SSSR count). The van der Waals surface area contributed by atoms with Crippen LogP contribution in [0.3, 0.4) is 0 Å². The Bertz CT molecular complexity index is 370. The van der Waals surface area contributed by atoms with Crippen molar-refractivity contribution in [2.75, 3.05) is 0 Å². The van der Waals surface area contributed by atoms with Gasteiger partial charge in [-0.1, -0.05) is 15.9 Å². The molecule has 4 heteroatoms. The maximum absolute atomic E-state index is 10.1. The van der Waals surface area contributed by atoms with Gasteiger partial charge in [-0.2, -0.15) is 4.99 Å². The van der Waals surface area contributed by atoms with E-state index in [9.17, 15) is 4.79 Å². The van der Waals surface area contributed by atoms with Gasteiger partial charge in [-0.3, -0.25) is 0 Å². The number of hydrogen-bond acceptors (Lipinski definition) is 3. The molecule has 0 N–H and O–H groups in total. The Balaban J connectivity index is 3.08. The second-order valence-electron chi connectivity index (χ2n) is 2.98. The van der Waals surface area contributed by atoms with E-state index in [0.717, 1.165) is 4.47 Å². The molecule has 0 radical (unpaired) electrons. The molecule has 1 aromatic carbocycles. The number of aliphatic imine (C=N–C) groups is 1. The number of carbonyl (C=O) groups excluding carboxylic acids is 1. The molecule has 14 heavy (non-hydrogen) atoms. The van der Waals surface area contributed by atoms with E-state index in [4.69, 9.17) is 4.74 Å². The van der Waals surface area contributed by atoms with Crippen molar-refractivity contribution in [3.63, 3.8) is 0 Å². The van der Waals surface area contributed by atoms with Crippen molar-refractivity contribution in [1.82, 2.24) is 0 Å². The first kappa shape index (κ1) is 11.0. The van der Waals surface area contributed by atoms with Crippen molar-refractivity contribution in [2.45, 2.75) is 20.0 Å². The first-order valence-electron chi connectivity index (χ1n) is 4.17. The minimum absolute atomic E-state index is 0.0462. The minimum Gasteiger partial charge on any atom is -0.489 e. The van der Waals surface area contributed by atoms with Gasteiger partial charge in [0, 0.05) is 4.47 Å². The molecule has 0 amide bonds. The highest BCUT2D eigenvalue weighted by molar-refractivity contribution is 9.10. The summed E-state index contributed by atoms with van der Waals surface area (Å²) in [4.78, 5) is 13.7. The molecule has 0 heterocycles. The highest BCUT2D eigenvalue weighted by atomic mass is 79.9. The fourth-order valence-corrected chi connectivity index (χ4v) is 1.32. The molecule has 0 saturated carbocycles. The fourth-order valence-electron chi connectivity index (χ4n) is 0.978. The highest BCUT2D eigenvalue weighted by Crippen LogP contribution is 2.31. The Hall–Kier alpha value is -1.12. The predicted octanol–water partition coefficient (Wildman–Crippen LogP) is 3.20. The van der Waals surface area contributed by atoms with Crippen LogP contribution in [-0.2, 0) is 4.79 Å². The Morgan fingerprint density at radius 3 is 2.79 bits per heavy atom. The van der Waals surface area contributed by atoms with Crippen LogP contribution in [0.5, 0.6) is 5.75 Å². The summed E-state index contributed by atoms with van der Waals surface area (Å²) in [7, 11) is 0. The number of rotatable bonds is 3. The fraction of sp³-hybridized carbons (Fsp3) is 0.300. The first-order valence-corrected chi connectivity index (χ1v) is 4.97. The van der Waals surface area contributed by atoms with Crippen LogP contribution in [0.25, 0.3) is 0 Å². The Morgan fingerprint density at radius 2 is 2.21 bits per heavy atom. The predicted molar refractivity (Wildman–Crippen MR) is 57.7 cm³/mol. The molecule has 74 valence electrons. The van der Waals surface area contributed by atoms with Crippen LogP contribution in [0, 0.1) is 0 Å². The normalized spacial score (nSPS) is 9.71. The smallest absolute Gasteiger partial charge is 0.240 e. The third-order valence-electron chi connectivity index (χ3n) is 1.45. The molecule has 0 aliphatic rings. The number of nitrogens with zero attached hydrogens (tertiary/aromatic N) is 1. The molecular formula is C10H10BrNO2. The summed E-state index contributed by atoms with van der Waals surface area (Å²) >= 11 is 3.32. The lowest BCUT2D eigenvalue weighted by Crippen LogP contribution is -2.05. The SMILES string of the molecule is CC(C)Oc1cc(Br)ccc1N=C=O. The molecule has 0 fully saturated rings. The van der Waals surface area contributed by atoms with E-state index in [-0.39, 0.29) is 6.10 Å². The average molecular weight is 256 g/mol. The molecule has 0 aliphatic carbocycles. The number of ether oxygens (including phenoxy) is 1. The first-order chi connectivity index (χ1) is 6.63. The summed E-state index contributed by atoms with van der Waals surface area (Å²) in [5, 5.41) is 0. The summed E-state index contributed by atoms with van der Waals surface area (Å²) in [5.41, 5.74) is 0.497. The number of hydrogen-bond donors (Lipinski definition) is 0. The van der Waals surface area contributed by atoms with E-state index in [1.54, 1.807) is 18.2 Å². The molecule has 3 nitrogen and oxygen atoms in total. The van der Waals surface area contributed by atoms with E-state index >= 15 is 0 Å². The van der Waals surface area contributed by atoms with Gasteiger partial charge < -0.3 is 4.74 Å². The second kappa shape index (κ2) is 4.94. The number of isocyanates is 1. The van der Waals surface area contributed by atoms with Gasteiger partial charge in [-0.05, 0) is 32.0 Å². The van der Waals surface area contributed by atoms with Crippen LogP contribution < -0.4 is 4.74 Å².